The zero-order valence-corrected chi connectivity index (χ0v) is 14.8. The summed E-state index contributed by atoms with van der Waals surface area (Å²) in [5.74, 6) is 0.225. The van der Waals surface area contributed by atoms with Crippen LogP contribution in [0.4, 0.5) is 5.82 Å². The summed E-state index contributed by atoms with van der Waals surface area (Å²) >= 11 is 3.35. The largest absolute Gasteiger partial charge is 0.472 e. The van der Waals surface area contributed by atoms with Crippen LogP contribution in [0.15, 0.2) is 11.1 Å². The molecule has 13 heteroatoms. The fourth-order valence-electron chi connectivity index (χ4n) is 2.91. The first-order valence-corrected chi connectivity index (χ1v) is 9.18. The normalized spacial score (nSPS) is 36.1. The van der Waals surface area contributed by atoms with Gasteiger partial charge < -0.3 is 20.1 Å². The van der Waals surface area contributed by atoms with Crippen molar-refractivity contribution >= 4 is 40.7 Å². The fourth-order valence-corrected chi connectivity index (χ4v) is 4.41. The van der Waals surface area contributed by atoms with Crippen molar-refractivity contribution < 1.29 is 28.0 Å². The van der Waals surface area contributed by atoms with Crippen molar-refractivity contribution in [3.05, 3.63) is 11.1 Å². The maximum Gasteiger partial charge on any atom is 0.472 e. The molecular formula is C11H13BrN5O6P. The van der Waals surface area contributed by atoms with Gasteiger partial charge in [-0.1, -0.05) is 0 Å². The minimum Gasteiger partial charge on any atom is -0.382 e. The highest BCUT2D eigenvalue weighted by atomic mass is 79.9. The number of rotatable bonds is 2. The predicted octanol–water partition coefficient (Wildman–Crippen LogP) is 0.599. The van der Waals surface area contributed by atoms with Crippen molar-refractivity contribution in [2.24, 2.45) is 0 Å². The summed E-state index contributed by atoms with van der Waals surface area (Å²) in [6.45, 7) is -0.0871. The molecule has 0 aromatic carbocycles. The third-order valence-corrected chi connectivity index (χ3v) is 5.48. The third kappa shape index (κ3) is 2.46. The summed E-state index contributed by atoms with van der Waals surface area (Å²) < 4.78 is 35.0. The van der Waals surface area contributed by atoms with Crippen molar-refractivity contribution in [3.8, 4) is 0 Å². The number of nitrogen functional groups attached to an aromatic ring is 1. The van der Waals surface area contributed by atoms with Gasteiger partial charge in [-0.3, -0.25) is 13.6 Å². The topological polar surface area (TPSA) is 144 Å². The molecule has 5 atom stereocenters. The van der Waals surface area contributed by atoms with Crippen LogP contribution in [0, 0.1) is 0 Å². The second kappa shape index (κ2) is 5.70. The molecule has 2 unspecified atom stereocenters. The molecule has 0 amide bonds. The number of aromatic nitrogens is 4. The molecule has 2 aromatic heterocycles. The van der Waals surface area contributed by atoms with Crippen LogP contribution < -0.4 is 5.73 Å². The molecule has 0 spiro atoms. The van der Waals surface area contributed by atoms with Crippen LogP contribution in [0.25, 0.3) is 11.2 Å². The van der Waals surface area contributed by atoms with Crippen LogP contribution in [0.1, 0.15) is 6.23 Å². The van der Waals surface area contributed by atoms with Gasteiger partial charge in [0.15, 0.2) is 27.9 Å². The van der Waals surface area contributed by atoms with E-state index in [1.54, 1.807) is 4.57 Å². The van der Waals surface area contributed by atoms with Crippen molar-refractivity contribution in [3.63, 3.8) is 0 Å². The van der Waals surface area contributed by atoms with E-state index in [0.29, 0.717) is 15.9 Å². The number of nitrogens with zero attached hydrogens (tertiary/aromatic N) is 4. The van der Waals surface area contributed by atoms with Crippen LogP contribution in [0.2, 0.25) is 0 Å². The zero-order chi connectivity index (χ0) is 17.1. The Kier molecular flexibility index (Phi) is 3.88. The Labute approximate surface area is 143 Å². The molecule has 2 saturated heterocycles. The molecule has 4 rings (SSSR count). The lowest BCUT2D eigenvalue weighted by molar-refractivity contribution is -0.0673. The van der Waals surface area contributed by atoms with Crippen LogP contribution >= 0.6 is 23.8 Å². The van der Waals surface area contributed by atoms with E-state index in [1.807, 2.05) is 0 Å². The number of hydrogen-bond acceptors (Lipinski definition) is 9. The van der Waals surface area contributed by atoms with Gasteiger partial charge >= 0.3 is 7.82 Å². The van der Waals surface area contributed by atoms with E-state index in [2.05, 4.69) is 30.9 Å². The van der Waals surface area contributed by atoms with Crippen molar-refractivity contribution in [2.45, 2.75) is 24.5 Å². The summed E-state index contributed by atoms with van der Waals surface area (Å²) in [6, 6.07) is 0. The lowest BCUT2D eigenvalue weighted by Gasteiger charge is -2.29. The van der Waals surface area contributed by atoms with E-state index in [1.165, 1.54) is 13.4 Å². The maximum atomic E-state index is 11.7. The number of halogens is 1. The van der Waals surface area contributed by atoms with Crippen LogP contribution in [-0.2, 0) is 23.1 Å². The summed E-state index contributed by atoms with van der Waals surface area (Å²) in [7, 11) is -2.66. The van der Waals surface area contributed by atoms with Gasteiger partial charge in [0.05, 0.1) is 6.61 Å². The molecule has 0 radical (unpaired) electrons. The smallest absolute Gasteiger partial charge is 0.382 e. The first kappa shape index (κ1) is 16.3. The Balaban J connectivity index is 1.79. The van der Waals surface area contributed by atoms with Gasteiger partial charge in [0, 0.05) is 7.11 Å². The van der Waals surface area contributed by atoms with Gasteiger partial charge in [0.1, 0.15) is 24.6 Å². The highest BCUT2D eigenvalue weighted by molar-refractivity contribution is 9.10. The lowest BCUT2D eigenvalue weighted by atomic mass is 10.1. The van der Waals surface area contributed by atoms with E-state index in [4.69, 9.17) is 24.3 Å². The number of anilines is 1. The molecule has 130 valence electrons. The van der Waals surface area contributed by atoms with Crippen molar-refractivity contribution in [1.82, 2.24) is 19.5 Å². The number of methoxy groups -OCH3 is 1. The average Bonchev–Trinajstić information content (AvgIpc) is 3.03. The van der Waals surface area contributed by atoms with Crippen LogP contribution in [0.3, 0.4) is 0 Å². The van der Waals surface area contributed by atoms with E-state index in [0.717, 1.165) is 0 Å². The van der Waals surface area contributed by atoms with Crippen LogP contribution in [0.5, 0.6) is 0 Å². The molecule has 2 fully saturated rings. The average molecular weight is 422 g/mol. The second-order valence-electron chi connectivity index (χ2n) is 5.28. The molecular weight excluding hydrogens is 409 g/mol. The van der Waals surface area contributed by atoms with Gasteiger partial charge in [0.25, 0.3) is 0 Å². The van der Waals surface area contributed by atoms with E-state index < -0.39 is 32.4 Å². The van der Waals surface area contributed by atoms with Gasteiger partial charge in [-0.2, -0.15) is 0 Å². The molecule has 11 nitrogen and oxygen atoms in total. The Morgan fingerprint density at radius 1 is 1.54 bits per heavy atom. The Hall–Kier alpha value is -1.14. The molecule has 24 heavy (non-hydrogen) atoms. The SMILES string of the molecule is CO[C@H]1C2OP(=O)(O)OC[C@H]2O[C@H]1n1c(Br)nc2c(N)ncnc21. The first-order valence-electron chi connectivity index (χ1n) is 6.89. The van der Waals surface area contributed by atoms with Crippen molar-refractivity contribution in [2.75, 3.05) is 19.5 Å². The van der Waals surface area contributed by atoms with Gasteiger partial charge in [-0.15, -0.1) is 0 Å². The lowest BCUT2D eigenvalue weighted by Crippen LogP contribution is -2.40. The molecule has 3 N–H and O–H groups in total. The summed E-state index contributed by atoms with van der Waals surface area (Å²) in [5, 5.41) is 0. The van der Waals surface area contributed by atoms with Crippen LogP contribution in [-0.4, -0.2) is 56.4 Å². The molecule has 2 aliphatic rings. The monoisotopic (exact) mass is 421 g/mol. The van der Waals surface area contributed by atoms with Crippen molar-refractivity contribution in [1.29, 1.82) is 0 Å². The molecule has 0 aliphatic carbocycles. The van der Waals surface area contributed by atoms with Gasteiger partial charge in [-0.25, -0.2) is 19.5 Å². The summed E-state index contributed by atoms with van der Waals surface area (Å²) in [6.07, 6.45) is -1.41. The number of hydrogen-bond donors (Lipinski definition) is 2. The Morgan fingerprint density at radius 2 is 2.33 bits per heavy atom. The second-order valence-corrected chi connectivity index (χ2v) is 7.40. The maximum absolute atomic E-state index is 11.7. The molecule has 2 aliphatic heterocycles. The number of imidazole rings is 1. The minimum atomic E-state index is -4.12. The zero-order valence-electron chi connectivity index (χ0n) is 12.3. The van der Waals surface area contributed by atoms with Gasteiger partial charge in [0.2, 0.25) is 0 Å². The highest BCUT2D eigenvalue weighted by Crippen LogP contribution is 2.53. The standard InChI is InChI=1S/C11H13BrN5O6P/c1-20-7-6-4(2-21-24(18,19)23-6)22-10(7)17-9-5(16-11(17)12)8(13)14-3-15-9/h3-4,6-7,10H,2H2,1H3,(H,18,19)(H2,13,14,15)/t4-,6?,7+,10-/m1/s1. The van der Waals surface area contributed by atoms with E-state index >= 15 is 0 Å². The number of nitrogens with two attached hydrogens (primary N) is 1. The molecule has 4 heterocycles. The Morgan fingerprint density at radius 3 is 3.08 bits per heavy atom. The number of ether oxygens (including phenoxy) is 2. The quantitative estimate of drug-likeness (QED) is 0.522. The molecule has 2 aromatic rings. The number of phosphoric ester groups is 1. The number of fused-ring (bicyclic) bond motifs is 2. The minimum absolute atomic E-state index is 0.0871. The molecule has 0 bridgehead atoms. The highest BCUT2D eigenvalue weighted by Gasteiger charge is 2.54. The Bertz CT molecular complexity index is 848. The summed E-state index contributed by atoms with van der Waals surface area (Å²) in [5.41, 5.74) is 6.67. The molecule has 0 saturated carbocycles. The fraction of sp³-hybridized carbons (Fsp3) is 0.545. The predicted molar refractivity (Wildman–Crippen MR) is 82.8 cm³/mol. The van der Waals surface area contributed by atoms with E-state index in [9.17, 15) is 9.46 Å². The number of phosphoric acid groups is 1. The third-order valence-electron chi connectivity index (χ3n) is 3.93. The van der Waals surface area contributed by atoms with E-state index in [-0.39, 0.29) is 12.4 Å². The summed E-state index contributed by atoms with van der Waals surface area (Å²) in [4.78, 5) is 21.9. The first-order chi connectivity index (χ1) is 11.4. The van der Waals surface area contributed by atoms with Gasteiger partial charge in [-0.05, 0) is 15.9 Å².